The number of benzene rings is 3. The number of rotatable bonds is 10. The van der Waals surface area contributed by atoms with Crippen LogP contribution >= 0.6 is 46.4 Å². The normalized spacial score (nSPS) is 10.5. The summed E-state index contributed by atoms with van der Waals surface area (Å²) in [5.41, 5.74) is 1.74. The summed E-state index contributed by atoms with van der Waals surface area (Å²) in [6.07, 6.45) is 0. The Morgan fingerprint density at radius 1 is 0.647 bits per heavy atom. The van der Waals surface area contributed by atoms with Crippen molar-refractivity contribution in [2.24, 2.45) is 0 Å². The predicted octanol–water partition coefficient (Wildman–Crippen LogP) is 5.69. The molecule has 0 saturated carbocycles. The molecule has 0 aliphatic rings. The van der Waals surface area contributed by atoms with Crippen molar-refractivity contribution in [3.63, 3.8) is 0 Å². The Hall–Kier alpha value is -2.64. The van der Waals surface area contributed by atoms with Gasteiger partial charge in [-0.1, -0.05) is 70.7 Å². The van der Waals surface area contributed by atoms with Crippen molar-refractivity contribution in [1.82, 2.24) is 10.6 Å². The van der Waals surface area contributed by atoms with Gasteiger partial charge in [0.15, 0.2) is 13.2 Å². The minimum absolute atomic E-state index is 0.186. The summed E-state index contributed by atoms with van der Waals surface area (Å²) < 4.78 is 10.8. The van der Waals surface area contributed by atoms with Gasteiger partial charge >= 0.3 is 0 Å². The van der Waals surface area contributed by atoms with E-state index in [1.807, 2.05) is 24.3 Å². The number of hydrogen-bond donors (Lipinski definition) is 2. The van der Waals surface area contributed by atoms with E-state index in [4.69, 9.17) is 55.9 Å². The summed E-state index contributed by atoms with van der Waals surface area (Å²) in [7, 11) is 0. The number of amides is 2. The van der Waals surface area contributed by atoms with Crippen molar-refractivity contribution < 1.29 is 19.1 Å². The molecule has 0 atom stereocenters. The summed E-state index contributed by atoms with van der Waals surface area (Å²) in [5, 5.41) is 7.18. The standard InChI is InChI=1S/C24H20Cl4N2O4/c25-17-4-6-21(19(27)9-17)33-13-23(31)29-11-15-2-1-3-16(8-15)12-30-24(32)14-34-22-7-5-18(26)10-20(22)28/h1-10H,11-14H2,(H,29,31)(H,30,32). The van der Waals surface area contributed by atoms with Crippen LogP contribution in [0.15, 0.2) is 60.7 Å². The Kier molecular flexibility index (Phi) is 9.72. The molecular formula is C24H20Cl4N2O4. The van der Waals surface area contributed by atoms with Crippen LogP contribution in [0, 0.1) is 0 Å². The molecule has 10 heteroatoms. The molecule has 0 radical (unpaired) electrons. The van der Waals surface area contributed by atoms with E-state index in [0.29, 0.717) is 44.7 Å². The highest BCUT2D eigenvalue weighted by Gasteiger charge is 2.09. The van der Waals surface area contributed by atoms with Gasteiger partial charge in [-0.25, -0.2) is 0 Å². The van der Waals surface area contributed by atoms with Crippen LogP contribution in [-0.2, 0) is 22.7 Å². The Morgan fingerprint density at radius 3 is 1.50 bits per heavy atom. The van der Waals surface area contributed by atoms with Crippen molar-refractivity contribution >= 4 is 58.2 Å². The van der Waals surface area contributed by atoms with Gasteiger partial charge in [-0.05, 0) is 47.5 Å². The van der Waals surface area contributed by atoms with E-state index in [1.54, 1.807) is 36.4 Å². The lowest BCUT2D eigenvalue weighted by Gasteiger charge is -2.11. The van der Waals surface area contributed by atoms with Gasteiger partial charge in [0.1, 0.15) is 11.5 Å². The number of carbonyl (C=O) groups is 2. The van der Waals surface area contributed by atoms with Crippen molar-refractivity contribution in [2.75, 3.05) is 13.2 Å². The van der Waals surface area contributed by atoms with Crippen LogP contribution in [0.2, 0.25) is 20.1 Å². The summed E-state index contributed by atoms with van der Waals surface area (Å²) in [5.74, 6) is 0.146. The van der Waals surface area contributed by atoms with Crippen molar-refractivity contribution in [1.29, 1.82) is 0 Å². The fourth-order valence-corrected chi connectivity index (χ4v) is 3.75. The quantitative estimate of drug-likeness (QED) is 0.345. The fraction of sp³-hybridized carbons (Fsp3) is 0.167. The lowest BCUT2D eigenvalue weighted by atomic mass is 10.1. The van der Waals surface area contributed by atoms with Gasteiger partial charge in [0.2, 0.25) is 0 Å². The van der Waals surface area contributed by atoms with Gasteiger partial charge < -0.3 is 20.1 Å². The van der Waals surface area contributed by atoms with Crippen LogP contribution < -0.4 is 20.1 Å². The van der Waals surface area contributed by atoms with E-state index in [9.17, 15) is 9.59 Å². The molecule has 2 amide bonds. The van der Waals surface area contributed by atoms with E-state index in [-0.39, 0.29) is 25.0 Å². The zero-order valence-electron chi connectivity index (χ0n) is 17.7. The number of carbonyl (C=O) groups excluding carboxylic acids is 2. The largest absolute Gasteiger partial charge is 0.482 e. The van der Waals surface area contributed by atoms with Crippen LogP contribution in [0.1, 0.15) is 11.1 Å². The Balaban J connectivity index is 1.41. The van der Waals surface area contributed by atoms with Gasteiger partial charge in [-0.15, -0.1) is 0 Å². The average Bonchev–Trinajstić information content (AvgIpc) is 2.80. The summed E-state index contributed by atoms with van der Waals surface area (Å²) in [4.78, 5) is 24.2. The van der Waals surface area contributed by atoms with Gasteiger partial charge in [0.05, 0.1) is 10.0 Å². The number of ether oxygens (including phenoxy) is 2. The predicted molar refractivity (Wildman–Crippen MR) is 134 cm³/mol. The zero-order chi connectivity index (χ0) is 24.5. The SMILES string of the molecule is O=C(COc1ccc(Cl)cc1Cl)NCc1cccc(CNC(=O)COc2ccc(Cl)cc2Cl)c1. The molecule has 3 rings (SSSR count). The minimum atomic E-state index is -0.303. The first-order valence-electron chi connectivity index (χ1n) is 10.1. The second-order valence-electron chi connectivity index (χ2n) is 7.10. The topological polar surface area (TPSA) is 76.7 Å². The van der Waals surface area contributed by atoms with E-state index in [1.165, 1.54) is 0 Å². The van der Waals surface area contributed by atoms with Crippen LogP contribution in [0.25, 0.3) is 0 Å². The van der Waals surface area contributed by atoms with Crippen LogP contribution in [0.3, 0.4) is 0 Å². The van der Waals surface area contributed by atoms with E-state index in [2.05, 4.69) is 10.6 Å². The molecule has 3 aromatic rings. The molecule has 34 heavy (non-hydrogen) atoms. The van der Waals surface area contributed by atoms with E-state index in [0.717, 1.165) is 11.1 Å². The van der Waals surface area contributed by atoms with Gasteiger partial charge in [-0.3, -0.25) is 9.59 Å². The third-order valence-corrected chi connectivity index (χ3v) is 5.54. The summed E-state index contributed by atoms with van der Waals surface area (Å²) in [6.45, 7) is 0.233. The molecule has 0 saturated heterocycles. The van der Waals surface area contributed by atoms with E-state index >= 15 is 0 Å². The number of nitrogens with one attached hydrogen (secondary N) is 2. The summed E-state index contributed by atoms with van der Waals surface area (Å²) >= 11 is 23.7. The summed E-state index contributed by atoms with van der Waals surface area (Å²) in [6, 6.07) is 17.0. The van der Waals surface area contributed by atoms with Crippen LogP contribution in [0.5, 0.6) is 11.5 Å². The van der Waals surface area contributed by atoms with Gasteiger partial charge in [0.25, 0.3) is 11.8 Å². The molecule has 0 spiro atoms. The molecule has 0 aliphatic carbocycles. The third-order valence-electron chi connectivity index (χ3n) is 4.48. The Morgan fingerprint density at radius 2 is 1.09 bits per heavy atom. The first-order valence-corrected chi connectivity index (χ1v) is 11.6. The zero-order valence-corrected chi connectivity index (χ0v) is 20.8. The average molecular weight is 542 g/mol. The lowest BCUT2D eigenvalue weighted by molar-refractivity contribution is -0.124. The first kappa shape index (κ1) is 26.0. The first-order chi connectivity index (χ1) is 16.3. The molecule has 0 fully saturated rings. The lowest BCUT2D eigenvalue weighted by Crippen LogP contribution is -2.29. The maximum Gasteiger partial charge on any atom is 0.258 e. The Bertz CT molecular complexity index is 1090. The van der Waals surface area contributed by atoms with Gasteiger partial charge in [0, 0.05) is 23.1 Å². The van der Waals surface area contributed by atoms with E-state index < -0.39 is 0 Å². The molecule has 6 nitrogen and oxygen atoms in total. The number of hydrogen-bond acceptors (Lipinski definition) is 4. The number of halogens is 4. The second kappa shape index (κ2) is 12.7. The smallest absolute Gasteiger partial charge is 0.258 e. The molecule has 2 N–H and O–H groups in total. The molecule has 0 unspecified atom stereocenters. The molecule has 3 aromatic carbocycles. The van der Waals surface area contributed by atoms with Crippen molar-refractivity contribution in [2.45, 2.75) is 13.1 Å². The highest BCUT2D eigenvalue weighted by Crippen LogP contribution is 2.28. The highest BCUT2D eigenvalue weighted by molar-refractivity contribution is 6.36. The molecule has 0 aliphatic heterocycles. The Labute approximate surface area is 217 Å². The van der Waals surface area contributed by atoms with Crippen LogP contribution in [-0.4, -0.2) is 25.0 Å². The maximum atomic E-state index is 12.1. The third kappa shape index (κ3) is 8.29. The molecule has 178 valence electrons. The minimum Gasteiger partial charge on any atom is -0.482 e. The maximum absolute atomic E-state index is 12.1. The van der Waals surface area contributed by atoms with Crippen LogP contribution in [0.4, 0.5) is 0 Å². The highest BCUT2D eigenvalue weighted by atomic mass is 35.5. The molecule has 0 bridgehead atoms. The second-order valence-corrected chi connectivity index (χ2v) is 8.79. The molecule has 0 aromatic heterocycles. The van der Waals surface area contributed by atoms with Gasteiger partial charge in [-0.2, -0.15) is 0 Å². The van der Waals surface area contributed by atoms with Crippen molar-refractivity contribution in [3.05, 3.63) is 91.9 Å². The molecular weight excluding hydrogens is 522 g/mol. The monoisotopic (exact) mass is 540 g/mol. The fourth-order valence-electron chi connectivity index (χ4n) is 2.82. The molecule has 0 heterocycles. The van der Waals surface area contributed by atoms with Crippen molar-refractivity contribution in [3.8, 4) is 11.5 Å².